The Bertz CT molecular complexity index is 378. The highest BCUT2D eigenvalue weighted by Gasteiger charge is 2.37. The Morgan fingerprint density at radius 3 is 2.69 bits per heavy atom. The van der Waals surface area contributed by atoms with Crippen molar-refractivity contribution >= 4 is 11.8 Å². The minimum absolute atomic E-state index is 0.0623. The van der Waals surface area contributed by atoms with Gasteiger partial charge in [-0.2, -0.15) is 13.2 Å². The van der Waals surface area contributed by atoms with Crippen LogP contribution in [0, 0.1) is 5.92 Å². The lowest BCUT2D eigenvalue weighted by Gasteiger charge is -2.07. The first-order chi connectivity index (χ1) is 7.49. The van der Waals surface area contributed by atoms with Crippen LogP contribution in [0.2, 0.25) is 0 Å². The van der Waals surface area contributed by atoms with Crippen molar-refractivity contribution < 1.29 is 13.2 Å². The monoisotopic (exact) mass is 247 g/mol. The van der Waals surface area contributed by atoms with Crippen LogP contribution in [0.25, 0.3) is 0 Å². The predicted octanol–water partition coefficient (Wildman–Crippen LogP) is 3.36. The molecular weight excluding hydrogens is 235 g/mol. The number of thioether (sulfide) groups is 1. The number of hydrogen-bond acceptors (Lipinski definition) is 2. The number of halogens is 3. The molecule has 88 valence electrons. The molecule has 16 heavy (non-hydrogen) atoms. The second-order valence-electron chi connectivity index (χ2n) is 3.96. The summed E-state index contributed by atoms with van der Waals surface area (Å²) >= 11 is -0.0623. The van der Waals surface area contributed by atoms with Crippen molar-refractivity contribution in [3.63, 3.8) is 0 Å². The van der Waals surface area contributed by atoms with Crippen LogP contribution in [0.1, 0.15) is 17.9 Å². The Morgan fingerprint density at radius 2 is 2.12 bits per heavy atom. The van der Waals surface area contributed by atoms with E-state index in [1.807, 2.05) is 6.07 Å². The third-order valence-electron chi connectivity index (χ3n) is 2.75. The standard InChI is InChI=1S/C11H12F3NS/c12-11(13,14)16-9-3-1-2-7(4-9)10-5-8(10)6-15/h1-4,8,10H,5-6,15H2. The third kappa shape index (κ3) is 2.92. The van der Waals surface area contributed by atoms with Crippen LogP contribution in [0.3, 0.4) is 0 Å². The van der Waals surface area contributed by atoms with Gasteiger partial charge >= 0.3 is 5.51 Å². The van der Waals surface area contributed by atoms with E-state index in [4.69, 9.17) is 5.73 Å². The first-order valence-corrected chi connectivity index (χ1v) is 5.87. The smallest absolute Gasteiger partial charge is 0.330 e. The zero-order valence-electron chi connectivity index (χ0n) is 8.50. The van der Waals surface area contributed by atoms with Gasteiger partial charge < -0.3 is 5.73 Å². The van der Waals surface area contributed by atoms with Gasteiger partial charge in [-0.05, 0) is 54.3 Å². The number of hydrogen-bond donors (Lipinski definition) is 1. The number of benzene rings is 1. The molecule has 0 aromatic heterocycles. The molecule has 1 aromatic carbocycles. The van der Waals surface area contributed by atoms with Gasteiger partial charge in [0.25, 0.3) is 0 Å². The molecule has 1 saturated carbocycles. The van der Waals surface area contributed by atoms with Crippen LogP contribution in [-0.4, -0.2) is 12.1 Å². The van der Waals surface area contributed by atoms with Gasteiger partial charge in [-0.25, -0.2) is 0 Å². The van der Waals surface area contributed by atoms with E-state index in [0.717, 1.165) is 12.0 Å². The molecule has 0 heterocycles. The summed E-state index contributed by atoms with van der Waals surface area (Å²) in [4.78, 5) is 0.257. The summed E-state index contributed by atoms with van der Waals surface area (Å²) in [6.07, 6.45) is 0.997. The molecule has 0 aliphatic heterocycles. The van der Waals surface area contributed by atoms with Crippen molar-refractivity contribution in [2.24, 2.45) is 11.7 Å². The fourth-order valence-corrected chi connectivity index (χ4v) is 2.47. The van der Waals surface area contributed by atoms with Gasteiger partial charge in [-0.1, -0.05) is 12.1 Å². The lowest BCUT2D eigenvalue weighted by molar-refractivity contribution is -0.0328. The molecule has 2 unspecified atom stereocenters. The molecule has 0 radical (unpaired) electrons. The Balaban J connectivity index is 2.09. The van der Waals surface area contributed by atoms with E-state index in [1.165, 1.54) is 6.07 Å². The van der Waals surface area contributed by atoms with Gasteiger partial charge in [0.15, 0.2) is 0 Å². The minimum atomic E-state index is -4.21. The Hall–Kier alpha value is -0.680. The number of rotatable bonds is 3. The molecule has 2 rings (SSSR count). The van der Waals surface area contributed by atoms with Crippen molar-refractivity contribution in [2.75, 3.05) is 6.54 Å². The highest BCUT2D eigenvalue weighted by molar-refractivity contribution is 8.00. The third-order valence-corrected chi connectivity index (χ3v) is 3.47. The van der Waals surface area contributed by atoms with E-state index >= 15 is 0 Å². The molecule has 2 N–H and O–H groups in total. The maximum atomic E-state index is 12.2. The van der Waals surface area contributed by atoms with E-state index in [1.54, 1.807) is 12.1 Å². The SMILES string of the molecule is NCC1CC1c1cccc(SC(F)(F)F)c1. The Labute approximate surface area is 96.2 Å². The van der Waals surface area contributed by atoms with Gasteiger partial charge in [-0.3, -0.25) is 0 Å². The summed E-state index contributed by atoms with van der Waals surface area (Å²) in [7, 11) is 0. The predicted molar refractivity (Wildman–Crippen MR) is 58.3 cm³/mol. The lowest BCUT2D eigenvalue weighted by Crippen LogP contribution is -2.02. The van der Waals surface area contributed by atoms with E-state index < -0.39 is 5.51 Å². The normalized spacial score (nSPS) is 24.5. The van der Waals surface area contributed by atoms with Gasteiger partial charge in [-0.15, -0.1) is 0 Å². The first kappa shape index (κ1) is 11.8. The van der Waals surface area contributed by atoms with Crippen LogP contribution >= 0.6 is 11.8 Å². The van der Waals surface area contributed by atoms with Crippen molar-refractivity contribution in [3.8, 4) is 0 Å². The van der Waals surface area contributed by atoms with Crippen molar-refractivity contribution in [1.82, 2.24) is 0 Å². The molecule has 0 spiro atoms. The second-order valence-corrected chi connectivity index (χ2v) is 5.10. The molecule has 0 bridgehead atoms. The van der Waals surface area contributed by atoms with E-state index in [2.05, 4.69) is 0 Å². The van der Waals surface area contributed by atoms with Crippen LogP contribution in [0.15, 0.2) is 29.2 Å². The largest absolute Gasteiger partial charge is 0.446 e. The molecule has 0 saturated heterocycles. The zero-order chi connectivity index (χ0) is 11.8. The van der Waals surface area contributed by atoms with Gasteiger partial charge in [0.2, 0.25) is 0 Å². The summed E-state index contributed by atoms with van der Waals surface area (Å²) in [5, 5.41) is 0. The summed E-state index contributed by atoms with van der Waals surface area (Å²) in [5.74, 6) is 0.810. The summed E-state index contributed by atoms with van der Waals surface area (Å²) in [6.45, 7) is 0.612. The summed E-state index contributed by atoms with van der Waals surface area (Å²) in [6, 6.07) is 6.66. The van der Waals surface area contributed by atoms with Crippen LogP contribution in [0.5, 0.6) is 0 Å². The van der Waals surface area contributed by atoms with E-state index in [9.17, 15) is 13.2 Å². The highest BCUT2D eigenvalue weighted by Crippen LogP contribution is 2.47. The Kier molecular flexibility index (Phi) is 3.17. The van der Waals surface area contributed by atoms with Crippen molar-refractivity contribution in [1.29, 1.82) is 0 Å². The average Bonchev–Trinajstić information content (AvgIpc) is 2.94. The zero-order valence-corrected chi connectivity index (χ0v) is 9.31. The number of nitrogens with two attached hydrogens (primary N) is 1. The Morgan fingerprint density at radius 1 is 1.38 bits per heavy atom. The molecule has 1 aliphatic rings. The lowest BCUT2D eigenvalue weighted by atomic mass is 10.1. The van der Waals surface area contributed by atoms with Crippen LogP contribution in [0.4, 0.5) is 13.2 Å². The van der Waals surface area contributed by atoms with Gasteiger partial charge in [0.05, 0.1) is 0 Å². The molecule has 1 nitrogen and oxygen atoms in total. The van der Waals surface area contributed by atoms with E-state index in [0.29, 0.717) is 18.4 Å². The molecule has 1 fully saturated rings. The topological polar surface area (TPSA) is 26.0 Å². The molecular formula is C11H12F3NS. The molecule has 2 atom stereocenters. The average molecular weight is 247 g/mol. The quantitative estimate of drug-likeness (QED) is 0.829. The second kappa shape index (κ2) is 4.30. The number of alkyl halides is 3. The molecule has 5 heteroatoms. The molecule has 0 amide bonds. The van der Waals surface area contributed by atoms with Crippen molar-refractivity contribution in [3.05, 3.63) is 29.8 Å². The first-order valence-electron chi connectivity index (χ1n) is 5.05. The molecule has 1 aliphatic carbocycles. The van der Waals surface area contributed by atoms with Crippen molar-refractivity contribution in [2.45, 2.75) is 22.7 Å². The van der Waals surface area contributed by atoms with E-state index in [-0.39, 0.29) is 16.7 Å². The highest BCUT2D eigenvalue weighted by atomic mass is 32.2. The fraction of sp³-hybridized carbons (Fsp3) is 0.455. The van der Waals surface area contributed by atoms with Gasteiger partial charge in [0.1, 0.15) is 0 Å². The maximum Gasteiger partial charge on any atom is 0.446 e. The minimum Gasteiger partial charge on any atom is -0.330 e. The molecule has 1 aromatic rings. The fourth-order valence-electron chi connectivity index (χ4n) is 1.86. The maximum absolute atomic E-state index is 12.2. The summed E-state index contributed by atoms with van der Waals surface area (Å²) < 4.78 is 36.5. The van der Waals surface area contributed by atoms with Crippen LogP contribution in [-0.2, 0) is 0 Å². The van der Waals surface area contributed by atoms with Gasteiger partial charge in [0, 0.05) is 4.90 Å². The van der Waals surface area contributed by atoms with Crippen LogP contribution < -0.4 is 5.73 Å². The summed E-state index contributed by atoms with van der Waals surface area (Å²) in [5.41, 5.74) is 2.28.